The van der Waals surface area contributed by atoms with Crippen molar-refractivity contribution in [2.24, 2.45) is 0 Å². The summed E-state index contributed by atoms with van der Waals surface area (Å²) < 4.78 is 2.01. The molecule has 0 aliphatic heterocycles. The van der Waals surface area contributed by atoms with Crippen molar-refractivity contribution in [2.45, 2.75) is 25.0 Å². The Morgan fingerprint density at radius 1 is 1.11 bits per heavy atom. The number of rotatable bonds is 8. The third-order valence-electron chi connectivity index (χ3n) is 3.92. The van der Waals surface area contributed by atoms with Crippen LogP contribution in [0, 0.1) is 0 Å². The van der Waals surface area contributed by atoms with Crippen molar-refractivity contribution < 1.29 is 4.79 Å². The quantitative estimate of drug-likeness (QED) is 0.574. The number of nitrogens with zero attached hydrogens (tertiary/aromatic N) is 3. The first-order valence-electron chi connectivity index (χ1n) is 8.80. The van der Waals surface area contributed by atoms with Crippen molar-refractivity contribution in [1.29, 1.82) is 0 Å². The van der Waals surface area contributed by atoms with Crippen molar-refractivity contribution in [3.05, 3.63) is 65.2 Å². The second-order valence-electron chi connectivity index (χ2n) is 6.00. The molecule has 0 fully saturated rings. The van der Waals surface area contributed by atoms with Crippen molar-refractivity contribution >= 4 is 29.3 Å². The molecule has 0 spiro atoms. The lowest BCUT2D eigenvalue weighted by Crippen LogP contribution is -2.25. The minimum atomic E-state index is -0.00425. The van der Waals surface area contributed by atoms with Gasteiger partial charge in [0.15, 0.2) is 11.0 Å². The van der Waals surface area contributed by atoms with E-state index >= 15 is 0 Å². The molecular formula is C20H21ClN4OS. The minimum absolute atomic E-state index is 0.00425. The molecule has 0 atom stereocenters. The lowest BCUT2D eigenvalue weighted by Gasteiger charge is -2.11. The van der Waals surface area contributed by atoms with Crippen molar-refractivity contribution in [2.75, 3.05) is 12.3 Å². The Kier molecular flexibility index (Phi) is 6.90. The molecule has 0 aliphatic rings. The van der Waals surface area contributed by atoms with Crippen molar-refractivity contribution in [3.63, 3.8) is 0 Å². The number of amides is 1. The van der Waals surface area contributed by atoms with Gasteiger partial charge in [-0.3, -0.25) is 9.36 Å². The molecule has 140 valence electrons. The Morgan fingerprint density at radius 2 is 1.85 bits per heavy atom. The zero-order chi connectivity index (χ0) is 19.1. The average molecular weight is 401 g/mol. The molecule has 0 saturated heterocycles. The normalized spacial score (nSPS) is 10.7. The Balaban J connectivity index is 1.89. The highest BCUT2D eigenvalue weighted by molar-refractivity contribution is 7.99. The second kappa shape index (κ2) is 9.58. The van der Waals surface area contributed by atoms with E-state index in [1.54, 1.807) is 0 Å². The Bertz CT molecular complexity index is 898. The second-order valence-corrected chi connectivity index (χ2v) is 7.35. The van der Waals surface area contributed by atoms with E-state index in [-0.39, 0.29) is 5.91 Å². The molecule has 0 unspecified atom stereocenters. The molecule has 3 rings (SSSR count). The highest BCUT2D eigenvalue weighted by Gasteiger charge is 2.17. The molecule has 0 bridgehead atoms. The number of carbonyl (C=O) groups excluding carboxylic acids is 1. The summed E-state index contributed by atoms with van der Waals surface area (Å²) in [4.78, 5) is 12.0. The summed E-state index contributed by atoms with van der Waals surface area (Å²) in [5.41, 5.74) is 1.95. The summed E-state index contributed by atoms with van der Waals surface area (Å²) in [7, 11) is 0. The molecule has 0 aliphatic carbocycles. The van der Waals surface area contributed by atoms with Crippen LogP contribution in [0.3, 0.4) is 0 Å². The van der Waals surface area contributed by atoms with Gasteiger partial charge in [-0.1, -0.05) is 72.8 Å². The maximum absolute atomic E-state index is 12.0. The largest absolute Gasteiger partial charge is 0.355 e. The number of thioether (sulfide) groups is 1. The van der Waals surface area contributed by atoms with Crippen LogP contribution in [0.25, 0.3) is 11.4 Å². The number of benzene rings is 2. The maximum atomic E-state index is 12.0. The summed E-state index contributed by atoms with van der Waals surface area (Å²) in [6.45, 7) is 3.31. The first kappa shape index (κ1) is 19.5. The van der Waals surface area contributed by atoms with E-state index in [9.17, 15) is 4.79 Å². The Morgan fingerprint density at radius 3 is 2.59 bits per heavy atom. The summed E-state index contributed by atoms with van der Waals surface area (Å²) in [6.07, 6.45) is 0.914. The number of halogens is 1. The Labute approximate surface area is 168 Å². The highest BCUT2D eigenvalue weighted by Crippen LogP contribution is 2.29. The topological polar surface area (TPSA) is 59.8 Å². The van der Waals surface area contributed by atoms with Gasteiger partial charge in [0.05, 0.1) is 17.3 Å². The smallest absolute Gasteiger partial charge is 0.230 e. The van der Waals surface area contributed by atoms with Crippen LogP contribution >= 0.6 is 23.4 Å². The molecule has 0 radical (unpaired) electrons. The first-order valence-corrected chi connectivity index (χ1v) is 10.2. The van der Waals surface area contributed by atoms with E-state index in [0.717, 1.165) is 17.5 Å². The predicted octanol–water partition coefficient (Wildman–Crippen LogP) is 4.27. The third-order valence-corrected chi connectivity index (χ3v) is 5.22. The fraction of sp³-hybridized carbons (Fsp3) is 0.250. The Hall–Kier alpha value is -2.31. The predicted molar refractivity (Wildman–Crippen MR) is 110 cm³/mol. The van der Waals surface area contributed by atoms with E-state index in [1.165, 1.54) is 11.8 Å². The monoisotopic (exact) mass is 400 g/mol. The first-order chi connectivity index (χ1) is 13.2. The van der Waals surface area contributed by atoms with E-state index < -0.39 is 0 Å². The molecular weight excluding hydrogens is 380 g/mol. The number of aromatic nitrogens is 3. The van der Waals surface area contributed by atoms with Crippen LogP contribution in [0.15, 0.2) is 59.8 Å². The molecule has 1 N–H and O–H groups in total. The van der Waals surface area contributed by atoms with E-state index in [1.807, 2.05) is 54.0 Å². The average Bonchev–Trinajstić information content (AvgIpc) is 3.08. The number of hydrogen-bond acceptors (Lipinski definition) is 4. The summed E-state index contributed by atoms with van der Waals surface area (Å²) in [5.74, 6) is 0.992. The van der Waals surface area contributed by atoms with E-state index in [0.29, 0.717) is 34.8 Å². The third kappa shape index (κ3) is 5.11. The van der Waals surface area contributed by atoms with Gasteiger partial charge in [0.2, 0.25) is 5.91 Å². The fourth-order valence-corrected chi connectivity index (χ4v) is 3.58. The van der Waals surface area contributed by atoms with Crippen molar-refractivity contribution in [3.8, 4) is 11.4 Å². The summed E-state index contributed by atoms with van der Waals surface area (Å²) in [5, 5.41) is 12.9. The molecule has 1 heterocycles. The van der Waals surface area contributed by atoms with Crippen LogP contribution in [0.4, 0.5) is 0 Å². The number of carbonyl (C=O) groups is 1. The van der Waals surface area contributed by atoms with Gasteiger partial charge in [-0.25, -0.2) is 0 Å². The zero-order valence-electron chi connectivity index (χ0n) is 15.1. The molecule has 7 heteroatoms. The molecule has 1 amide bonds. The van der Waals surface area contributed by atoms with Gasteiger partial charge in [-0.05, 0) is 24.1 Å². The zero-order valence-corrected chi connectivity index (χ0v) is 16.6. The lowest BCUT2D eigenvalue weighted by atomic mass is 10.2. The number of nitrogens with one attached hydrogen (secondary N) is 1. The molecule has 0 saturated carbocycles. The molecule has 3 aromatic rings. The molecule has 27 heavy (non-hydrogen) atoms. The van der Waals surface area contributed by atoms with Crippen LogP contribution < -0.4 is 5.32 Å². The van der Waals surface area contributed by atoms with Crippen LogP contribution in [0.2, 0.25) is 5.02 Å². The van der Waals surface area contributed by atoms with Gasteiger partial charge in [-0.15, -0.1) is 10.2 Å². The van der Waals surface area contributed by atoms with Crippen LogP contribution in [0.1, 0.15) is 18.9 Å². The van der Waals surface area contributed by atoms with E-state index in [2.05, 4.69) is 27.6 Å². The number of hydrogen-bond donors (Lipinski definition) is 1. The minimum Gasteiger partial charge on any atom is -0.355 e. The van der Waals surface area contributed by atoms with E-state index in [4.69, 9.17) is 11.6 Å². The van der Waals surface area contributed by atoms with Crippen molar-refractivity contribution in [1.82, 2.24) is 20.1 Å². The lowest BCUT2D eigenvalue weighted by molar-refractivity contribution is -0.118. The van der Waals surface area contributed by atoms with Crippen LogP contribution in [0.5, 0.6) is 0 Å². The van der Waals surface area contributed by atoms with Gasteiger partial charge in [0.1, 0.15) is 0 Å². The SMILES string of the molecule is CCCNC(=O)CSc1nnc(-c2ccccc2Cl)n1Cc1ccccc1. The van der Waals surface area contributed by atoms with Gasteiger partial charge in [0.25, 0.3) is 0 Å². The summed E-state index contributed by atoms with van der Waals surface area (Å²) >= 11 is 7.76. The summed E-state index contributed by atoms with van der Waals surface area (Å²) in [6, 6.07) is 17.7. The standard InChI is InChI=1S/C20H21ClN4OS/c1-2-12-22-18(26)14-27-20-24-23-19(16-10-6-7-11-17(16)21)25(20)13-15-8-4-3-5-9-15/h3-11H,2,12-14H2,1H3,(H,22,26). The van der Waals surface area contributed by atoms with Gasteiger partial charge in [0, 0.05) is 12.1 Å². The fourth-order valence-electron chi connectivity index (χ4n) is 2.59. The highest BCUT2D eigenvalue weighted by atomic mass is 35.5. The molecule has 5 nitrogen and oxygen atoms in total. The van der Waals surface area contributed by atoms with Crippen LogP contribution in [-0.2, 0) is 11.3 Å². The maximum Gasteiger partial charge on any atom is 0.230 e. The van der Waals surface area contributed by atoms with Gasteiger partial charge in [-0.2, -0.15) is 0 Å². The van der Waals surface area contributed by atoms with Crippen LogP contribution in [-0.4, -0.2) is 33.0 Å². The van der Waals surface area contributed by atoms with Gasteiger partial charge < -0.3 is 5.32 Å². The molecule has 1 aromatic heterocycles. The van der Waals surface area contributed by atoms with Gasteiger partial charge >= 0.3 is 0 Å². The molecule has 2 aromatic carbocycles.